The van der Waals surface area contributed by atoms with Gasteiger partial charge in [0.05, 0.1) is 30.8 Å². The average Bonchev–Trinajstić information content (AvgIpc) is 2.43. The Hall–Kier alpha value is -0.610. The van der Waals surface area contributed by atoms with Crippen molar-refractivity contribution in [1.82, 2.24) is 4.90 Å². The maximum absolute atomic E-state index is 13.6. The molecule has 1 N–H and O–H groups in total. The molecule has 5 aliphatic rings. The lowest BCUT2D eigenvalue weighted by atomic mass is 9.40. The summed E-state index contributed by atoms with van der Waals surface area (Å²) in [5, 5.41) is 9.43. The zero-order chi connectivity index (χ0) is 16.5. The van der Waals surface area contributed by atoms with E-state index in [1.54, 1.807) is 0 Å². The molecular weight excluding hydrogens is 290 g/mol. The zero-order valence-electron chi connectivity index (χ0n) is 14.8. The first-order valence-electron chi connectivity index (χ1n) is 9.30. The van der Waals surface area contributed by atoms with Gasteiger partial charge < -0.3 is 14.7 Å². The number of aliphatic hydroxyl groups excluding tert-OH is 1. The highest BCUT2D eigenvalue weighted by molar-refractivity contribution is 5.84. The smallest absolute Gasteiger partial charge is 0.229 e. The van der Waals surface area contributed by atoms with Gasteiger partial charge in [0.1, 0.15) is 0 Å². The van der Waals surface area contributed by atoms with Crippen LogP contribution in [0.5, 0.6) is 0 Å². The van der Waals surface area contributed by atoms with Crippen molar-refractivity contribution in [2.75, 3.05) is 19.8 Å². The lowest BCUT2D eigenvalue weighted by Crippen LogP contribution is -2.63. The number of rotatable bonds is 2. The van der Waals surface area contributed by atoms with Crippen LogP contribution in [0, 0.1) is 22.2 Å². The van der Waals surface area contributed by atoms with Crippen LogP contribution < -0.4 is 0 Å². The van der Waals surface area contributed by atoms with Crippen LogP contribution in [-0.2, 0) is 9.53 Å². The lowest BCUT2D eigenvalue weighted by Gasteiger charge is -2.65. The summed E-state index contributed by atoms with van der Waals surface area (Å²) in [6, 6.07) is 0.124. The molecule has 0 aromatic rings. The van der Waals surface area contributed by atoms with Crippen LogP contribution in [0.1, 0.15) is 59.3 Å². The minimum absolute atomic E-state index is 0.00154. The largest absolute Gasteiger partial charge is 0.394 e. The third-order valence-corrected chi connectivity index (χ3v) is 7.05. The van der Waals surface area contributed by atoms with Gasteiger partial charge in [-0.05, 0) is 62.2 Å². The van der Waals surface area contributed by atoms with Gasteiger partial charge in [-0.3, -0.25) is 4.79 Å². The maximum atomic E-state index is 13.6. The van der Waals surface area contributed by atoms with Crippen molar-refractivity contribution in [2.24, 2.45) is 22.2 Å². The van der Waals surface area contributed by atoms with Crippen LogP contribution in [0.25, 0.3) is 0 Å². The fraction of sp³-hybridized carbons (Fsp3) is 0.947. The van der Waals surface area contributed by atoms with Crippen LogP contribution in [0.15, 0.2) is 0 Å². The van der Waals surface area contributed by atoms with Crippen LogP contribution in [0.2, 0.25) is 0 Å². The summed E-state index contributed by atoms with van der Waals surface area (Å²) in [6.07, 6.45) is 6.94. The van der Waals surface area contributed by atoms with Crippen molar-refractivity contribution >= 4 is 5.91 Å². The molecule has 6 atom stereocenters. The van der Waals surface area contributed by atoms with Crippen molar-refractivity contribution in [3.63, 3.8) is 0 Å². The Morgan fingerprint density at radius 1 is 1.17 bits per heavy atom. The van der Waals surface area contributed by atoms with E-state index in [1.807, 2.05) is 4.90 Å². The molecule has 0 aromatic heterocycles. The summed E-state index contributed by atoms with van der Waals surface area (Å²) in [5.41, 5.74) is 0.569. The molecule has 4 heteroatoms. The predicted molar refractivity (Wildman–Crippen MR) is 87.8 cm³/mol. The monoisotopic (exact) mass is 321 g/mol. The molecule has 0 radical (unpaired) electrons. The highest BCUT2D eigenvalue weighted by atomic mass is 16.5. The van der Waals surface area contributed by atoms with E-state index < -0.39 is 0 Å². The van der Waals surface area contributed by atoms with Crippen molar-refractivity contribution in [3.8, 4) is 0 Å². The molecule has 4 saturated carbocycles. The summed E-state index contributed by atoms with van der Waals surface area (Å²) < 4.78 is 5.63. The summed E-state index contributed by atoms with van der Waals surface area (Å²) >= 11 is 0. The second kappa shape index (κ2) is 4.95. The lowest BCUT2D eigenvalue weighted by molar-refractivity contribution is -0.188. The zero-order valence-corrected chi connectivity index (χ0v) is 14.8. The molecule has 130 valence electrons. The third kappa shape index (κ3) is 2.44. The van der Waals surface area contributed by atoms with Gasteiger partial charge in [0.2, 0.25) is 5.91 Å². The van der Waals surface area contributed by atoms with Crippen LogP contribution in [0.4, 0.5) is 0 Å². The molecule has 5 fully saturated rings. The quantitative estimate of drug-likeness (QED) is 0.850. The minimum Gasteiger partial charge on any atom is -0.394 e. The second-order valence-electron chi connectivity index (χ2n) is 9.85. The van der Waals surface area contributed by atoms with Gasteiger partial charge in [-0.1, -0.05) is 13.8 Å². The van der Waals surface area contributed by atoms with E-state index in [4.69, 9.17) is 4.74 Å². The Morgan fingerprint density at radius 2 is 1.83 bits per heavy atom. The number of morpholine rings is 1. The van der Waals surface area contributed by atoms with Crippen LogP contribution in [-0.4, -0.2) is 47.8 Å². The SMILES string of the molecule is C[C@@H]1CO[C@@H](CO)CN1C(=O)C12CC3C[C@@](C)(C1)C[C@](C)(C3)C2. The van der Waals surface area contributed by atoms with Crippen molar-refractivity contribution < 1.29 is 14.6 Å². The number of amides is 1. The number of carbonyl (C=O) groups excluding carboxylic acids is 1. The molecule has 1 heterocycles. The second-order valence-corrected chi connectivity index (χ2v) is 9.85. The number of carbonyl (C=O) groups is 1. The number of nitrogens with zero attached hydrogens (tertiary/aromatic N) is 1. The molecule has 23 heavy (non-hydrogen) atoms. The molecule has 2 unspecified atom stereocenters. The van der Waals surface area contributed by atoms with Gasteiger partial charge in [0.15, 0.2) is 0 Å². The number of hydrogen-bond acceptors (Lipinski definition) is 3. The highest BCUT2D eigenvalue weighted by Crippen LogP contribution is 2.69. The van der Waals surface area contributed by atoms with E-state index in [2.05, 4.69) is 20.8 Å². The fourth-order valence-corrected chi connectivity index (χ4v) is 7.20. The van der Waals surface area contributed by atoms with E-state index in [0.29, 0.717) is 29.9 Å². The van der Waals surface area contributed by atoms with E-state index in [-0.39, 0.29) is 24.2 Å². The molecule has 1 saturated heterocycles. The average molecular weight is 321 g/mol. The normalized spacial score (nSPS) is 52.0. The van der Waals surface area contributed by atoms with Crippen LogP contribution >= 0.6 is 0 Å². The first-order chi connectivity index (χ1) is 10.8. The molecule has 4 aliphatic carbocycles. The van der Waals surface area contributed by atoms with Crippen LogP contribution in [0.3, 0.4) is 0 Å². The molecule has 1 aliphatic heterocycles. The molecule has 1 amide bonds. The van der Waals surface area contributed by atoms with Crippen molar-refractivity contribution in [3.05, 3.63) is 0 Å². The molecule has 0 spiro atoms. The Morgan fingerprint density at radius 3 is 2.39 bits per heavy atom. The van der Waals surface area contributed by atoms with E-state index in [1.165, 1.54) is 19.3 Å². The summed E-state index contributed by atoms with van der Waals surface area (Å²) in [4.78, 5) is 15.6. The first kappa shape index (κ1) is 15.9. The summed E-state index contributed by atoms with van der Waals surface area (Å²) in [7, 11) is 0. The Labute approximate surface area is 139 Å². The van der Waals surface area contributed by atoms with Gasteiger partial charge >= 0.3 is 0 Å². The topological polar surface area (TPSA) is 49.8 Å². The Bertz CT molecular complexity index is 501. The van der Waals surface area contributed by atoms with Gasteiger partial charge in [0.25, 0.3) is 0 Å². The first-order valence-corrected chi connectivity index (χ1v) is 9.30. The summed E-state index contributed by atoms with van der Waals surface area (Å²) in [6.45, 7) is 8.01. The summed E-state index contributed by atoms with van der Waals surface area (Å²) in [5.74, 6) is 1.09. The third-order valence-electron chi connectivity index (χ3n) is 7.05. The van der Waals surface area contributed by atoms with E-state index in [0.717, 1.165) is 25.2 Å². The number of ether oxygens (including phenoxy) is 1. The number of hydrogen-bond donors (Lipinski definition) is 1. The van der Waals surface area contributed by atoms with Crippen molar-refractivity contribution in [1.29, 1.82) is 0 Å². The Balaban J connectivity index is 1.62. The predicted octanol–water partition coefficient (Wildman–Crippen LogP) is 2.59. The van der Waals surface area contributed by atoms with E-state index in [9.17, 15) is 9.90 Å². The molecular formula is C19H31NO3. The molecule has 0 aromatic carbocycles. The van der Waals surface area contributed by atoms with E-state index >= 15 is 0 Å². The van der Waals surface area contributed by atoms with Gasteiger partial charge in [-0.25, -0.2) is 0 Å². The number of aliphatic hydroxyl groups is 1. The van der Waals surface area contributed by atoms with Gasteiger partial charge in [-0.2, -0.15) is 0 Å². The molecule has 4 bridgehead atoms. The molecule has 5 rings (SSSR count). The van der Waals surface area contributed by atoms with Gasteiger partial charge in [-0.15, -0.1) is 0 Å². The minimum atomic E-state index is -0.213. The fourth-order valence-electron chi connectivity index (χ4n) is 7.20. The Kier molecular flexibility index (Phi) is 3.42. The highest BCUT2D eigenvalue weighted by Gasteiger charge is 2.63. The standard InChI is InChI=1S/C19H31NO3/c1-13-9-23-15(8-21)7-20(13)16(22)19-6-14-4-17(2,11-19)10-18(3,5-14)12-19/h13-15,21H,4-12H2,1-3H3/t13-,14?,15-,17-,18+,19?/m1/s1. The van der Waals surface area contributed by atoms with Crippen molar-refractivity contribution in [2.45, 2.75) is 71.4 Å². The maximum Gasteiger partial charge on any atom is 0.229 e. The molecule has 4 nitrogen and oxygen atoms in total. The van der Waals surface area contributed by atoms with Gasteiger partial charge in [0, 0.05) is 6.54 Å².